The van der Waals surface area contributed by atoms with Crippen LogP contribution in [-0.4, -0.2) is 47.2 Å². The van der Waals surface area contributed by atoms with E-state index in [4.69, 9.17) is 21.1 Å². The Morgan fingerprint density at radius 3 is 2.48 bits per heavy atom. The highest BCUT2D eigenvalue weighted by Crippen LogP contribution is 2.27. The van der Waals surface area contributed by atoms with Gasteiger partial charge in [-0.3, -0.25) is 9.78 Å². The largest absolute Gasteiger partial charge is 0.423 e. The molecule has 1 N–H and O–H groups in total. The van der Waals surface area contributed by atoms with E-state index in [0.29, 0.717) is 65.2 Å². The summed E-state index contributed by atoms with van der Waals surface area (Å²) in [7, 11) is 0. The lowest BCUT2D eigenvalue weighted by Crippen LogP contribution is -2.38. The Bertz CT molecular complexity index is 1360. The zero-order valence-electron chi connectivity index (χ0n) is 17.5. The lowest BCUT2D eigenvalue weighted by Gasteiger charge is -2.27. The van der Waals surface area contributed by atoms with E-state index in [1.807, 2.05) is 4.90 Å². The maximum absolute atomic E-state index is 13.0. The molecule has 166 valence electrons. The second-order valence-corrected chi connectivity index (χ2v) is 7.90. The van der Waals surface area contributed by atoms with Crippen molar-refractivity contribution in [2.24, 2.45) is 0 Å². The predicted molar refractivity (Wildman–Crippen MR) is 125 cm³/mol. The van der Waals surface area contributed by atoms with Crippen LogP contribution in [0.1, 0.15) is 10.4 Å². The number of fused-ring (bicyclic) bond motifs is 1. The van der Waals surface area contributed by atoms with Gasteiger partial charge in [0, 0.05) is 24.3 Å². The number of rotatable bonds is 4. The molecule has 1 fully saturated rings. The Morgan fingerprint density at radius 2 is 1.76 bits per heavy atom. The number of halogens is 1. The molecule has 1 aliphatic rings. The van der Waals surface area contributed by atoms with E-state index in [9.17, 15) is 9.59 Å². The van der Waals surface area contributed by atoms with Crippen molar-refractivity contribution < 1.29 is 14.3 Å². The Morgan fingerprint density at radius 1 is 1.03 bits per heavy atom. The van der Waals surface area contributed by atoms with E-state index >= 15 is 0 Å². The number of hydrogen-bond acceptors (Lipinski definition) is 7. The van der Waals surface area contributed by atoms with Gasteiger partial charge in [0.2, 0.25) is 5.95 Å². The van der Waals surface area contributed by atoms with Gasteiger partial charge in [-0.25, -0.2) is 9.78 Å². The Kier molecular flexibility index (Phi) is 5.77. The van der Waals surface area contributed by atoms with Crippen molar-refractivity contribution in [3.05, 3.63) is 81.7 Å². The number of esters is 1. The normalized spacial score (nSPS) is 13.8. The first-order valence-corrected chi connectivity index (χ1v) is 10.8. The topological polar surface area (TPSA) is 97.4 Å². The molecule has 0 bridgehead atoms. The van der Waals surface area contributed by atoms with Gasteiger partial charge in [0.05, 0.1) is 24.2 Å². The summed E-state index contributed by atoms with van der Waals surface area (Å²) in [6.07, 6.45) is 1.63. The van der Waals surface area contributed by atoms with E-state index in [-0.39, 0.29) is 5.56 Å². The van der Waals surface area contributed by atoms with Crippen molar-refractivity contribution in [3.8, 4) is 16.9 Å². The first-order chi connectivity index (χ1) is 16.1. The minimum Gasteiger partial charge on any atom is -0.423 e. The van der Waals surface area contributed by atoms with Crippen LogP contribution in [0.25, 0.3) is 22.2 Å². The van der Waals surface area contributed by atoms with Gasteiger partial charge >= 0.3 is 5.97 Å². The standard InChI is InChI=1S/C24H19ClN4O4/c25-17-5-1-16(2-6-17)23(31)33-18-7-3-15(4-8-18)19-9-10-26-21-20(19)22(30)28-24(27-21)29-11-13-32-14-12-29/h1-10H,11-14H2,(H,26,27,28,30). The number of aromatic amines is 1. The molecule has 0 unspecified atom stereocenters. The van der Waals surface area contributed by atoms with E-state index in [2.05, 4.69) is 15.0 Å². The van der Waals surface area contributed by atoms with Gasteiger partial charge in [0.1, 0.15) is 5.75 Å². The van der Waals surface area contributed by atoms with Gasteiger partial charge in [0.15, 0.2) is 5.65 Å². The van der Waals surface area contributed by atoms with Gasteiger partial charge in [-0.1, -0.05) is 23.7 Å². The average molecular weight is 463 g/mol. The molecule has 0 aliphatic carbocycles. The summed E-state index contributed by atoms with van der Waals surface area (Å²) in [5.74, 6) is 0.397. The number of nitrogens with zero attached hydrogens (tertiary/aromatic N) is 3. The first-order valence-electron chi connectivity index (χ1n) is 10.4. The number of hydrogen-bond donors (Lipinski definition) is 1. The molecule has 2 aromatic heterocycles. The third-order valence-electron chi connectivity index (χ3n) is 5.36. The monoisotopic (exact) mass is 462 g/mol. The van der Waals surface area contributed by atoms with E-state index < -0.39 is 5.97 Å². The second-order valence-electron chi connectivity index (χ2n) is 7.47. The average Bonchev–Trinajstić information content (AvgIpc) is 2.85. The number of anilines is 1. The summed E-state index contributed by atoms with van der Waals surface area (Å²) >= 11 is 5.86. The number of carbonyl (C=O) groups excluding carboxylic acids is 1. The number of ether oxygens (including phenoxy) is 2. The number of pyridine rings is 1. The maximum atomic E-state index is 13.0. The van der Waals surface area contributed by atoms with Crippen LogP contribution in [0.3, 0.4) is 0 Å². The second kappa shape index (κ2) is 9.01. The van der Waals surface area contributed by atoms with E-state index in [1.54, 1.807) is 60.8 Å². The van der Waals surface area contributed by atoms with Crippen LogP contribution >= 0.6 is 11.6 Å². The number of carbonyl (C=O) groups is 1. The number of H-pyrrole nitrogens is 1. The van der Waals surface area contributed by atoms with Gasteiger partial charge < -0.3 is 14.4 Å². The number of benzene rings is 2. The highest BCUT2D eigenvalue weighted by atomic mass is 35.5. The van der Waals surface area contributed by atoms with Crippen molar-refractivity contribution in [3.63, 3.8) is 0 Å². The zero-order chi connectivity index (χ0) is 22.8. The Balaban J connectivity index is 1.42. The van der Waals surface area contributed by atoms with Crippen molar-refractivity contribution in [1.29, 1.82) is 0 Å². The molecule has 1 aliphatic heterocycles. The molecule has 0 atom stereocenters. The molecular formula is C24H19ClN4O4. The Labute approximate surface area is 193 Å². The van der Waals surface area contributed by atoms with E-state index in [1.165, 1.54) is 0 Å². The van der Waals surface area contributed by atoms with Crippen molar-refractivity contribution in [1.82, 2.24) is 15.0 Å². The minimum absolute atomic E-state index is 0.261. The van der Waals surface area contributed by atoms with Gasteiger partial charge in [-0.15, -0.1) is 0 Å². The quantitative estimate of drug-likeness (QED) is 0.365. The van der Waals surface area contributed by atoms with Crippen molar-refractivity contribution in [2.75, 3.05) is 31.2 Å². The summed E-state index contributed by atoms with van der Waals surface area (Å²) in [6, 6.07) is 15.2. The summed E-state index contributed by atoms with van der Waals surface area (Å²) in [5, 5.41) is 0.947. The third kappa shape index (κ3) is 4.44. The van der Waals surface area contributed by atoms with Crippen LogP contribution in [0.15, 0.2) is 65.6 Å². The third-order valence-corrected chi connectivity index (χ3v) is 5.61. The Hall–Kier alpha value is -3.75. The van der Waals surface area contributed by atoms with Crippen LogP contribution in [-0.2, 0) is 4.74 Å². The molecule has 0 amide bonds. The van der Waals surface area contributed by atoms with Crippen LogP contribution < -0.4 is 15.2 Å². The maximum Gasteiger partial charge on any atom is 0.343 e. The summed E-state index contributed by atoms with van der Waals surface area (Å²) in [4.78, 5) is 39.0. The lowest BCUT2D eigenvalue weighted by molar-refractivity contribution is 0.0735. The van der Waals surface area contributed by atoms with E-state index in [0.717, 1.165) is 5.56 Å². The molecule has 0 radical (unpaired) electrons. The minimum atomic E-state index is -0.481. The fourth-order valence-electron chi connectivity index (χ4n) is 3.67. The number of nitrogens with one attached hydrogen (secondary N) is 1. The smallest absolute Gasteiger partial charge is 0.343 e. The van der Waals surface area contributed by atoms with Crippen molar-refractivity contribution in [2.45, 2.75) is 0 Å². The van der Waals surface area contributed by atoms with Crippen molar-refractivity contribution >= 4 is 34.6 Å². The molecule has 0 saturated carbocycles. The molecule has 8 nitrogen and oxygen atoms in total. The number of morpholine rings is 1. The zero-order valence-corrected chi connectivity index (χ0v) is 18.2. The van der Waals surface area contributed by atoms with Crippen LogP contribution in [0.4, 0.5) is 5.95 Å². The molecule has 1 saturated heterocycles. The molecule has 33 heavy (non-hydrogen) atoms. The van der Waals surface area contributed by atoms with Gasteiger partial charge in [-0.2, -0.15) is 4.98 Å². The molecule has 4 aromatic rings. The SMILES string of the molecule is O=C(Oc1ccc(-c2ccnc3nc(N4CCOCC4)[nH]c(=O)c23)cc1)c1ccc(Cl)cc1. The summed E-state index contributed by atoms with van der Waals surface area (Å²) in [5.41, 5.74) is 1.98. The lowest BCUT2D eigenvalue weighted by atomic mass is 10.0. The fraction of sp³-hybridized carbons (Fsp3) is 0.167. The van der Waals surface area contributed by atoms with Gasteiger partial charge in [0.25, 0.3) is 5.56 Å². The molecule has 9 heteroatoms. The summed E-state index contributed by atoms with van der Waals surface area (Å²) < 4.78 is 10.8. The first kappa shape index (κ1) is 21.1. The highest BCUT2D eigenvalue weighted by molar-refractivity contribution is 6.30. The highest BCUT2D eigenvalue weighted by Gasteiger charge is 2.17. The number of aromatic nitrogens is 3. The van der Waals surface area contributed by atoms with Gasteiger partial charge in [-0.05, 0) is 53.6 Å². The molecule has 5 rings (SSSR count). The molecule has 3 heterocycles. The fourth-order valence-corrected chi connectivity index (χ4v) is 3.80. The van der Waals surface area contributed by atoms with Crippen LogP contribution in [0, 0.1) is 0 Å². The summed E-state index contributed by atoms with van der Waals surface area (Å²) in [6.45, 7) is 2.49. The van der Waals surface area contributed by atoms with Crippen LogP contribution in [0.5, 0.6) is 5.75 Å². The molecule has 0 spiro atoms. The molecule has 2 aromatic carbocycles. The van der Waals surface area contributed by atoms with Crippen LogP contribution in [0.2, 0.25) is 5.02 Å². The molecular weight excluding hydrogens is 444 g/mol. The predicted octanol–water partition coefficient (Wildman–Crippen LogP) is 3.69.